The van der Waals surface area contributed by atoms with Gasteiger partial charge >= 0.3 is 6.03 Å². The van der Waals surface area contributed by atoms with Crippen molar-refractivity contribution in [3.05, 3.63) is 88.2 Å². The van der Waals surface area contributed by atoms with Gasteiger partial charge in [0.25, 0.3) is 5.91 Å². The van der Waals surface area contributed by atoms with Crippen LogP contribution in [-0.2, 0) is 29.7 Å². The molecule has 7 nitrogen and oxygen atoms in total. The first-order valence-corrected chi connectivity index (χ1v) is 11.9. The number of methoxy groups -OCH3 is 1. The van der Waals surface area contributed by atoms with Gasteiger partial charge in [0.2, 0.25) is 0 Å². The lowest BCUT2D eigenvalue weighted by Crippen LogP contribution is -2.42. The van der Waals surface area contributed by atoms with Gasteiger partial charge in [0.15, 0.2) is 5.78 Å². The second kappa shape index (κ2) is 8.73. The normalized spacial score (nSPS) is 18.8. The number of rotatable bonds is 7. The van der Waals surface area contributed by atoms with E-state index in [1.165, 1.54) is 5.56 Å². The predicted molar refractivity (Wildman–Crippen MR) is 132 cm³/mol. The number of benzene rings is 2. The van der Waals surface area contributed by atoms with Crippen LogP contribution in [0.5, 0.6) is 5.75 Å². The SMILES string of the molecule is COc1ccc(CCn2c(C)cc(C(=O)CN3C(=O)NC4(CCc5ccccc54)C3=O)c2C)cc1. The van der Waals surface area contributed by atoms with Crippen LogP contribution in [-0.4, -0.2) is 40.8 Å². The topological polar surface area (TPSA) is 80.6 Å². The summed E-state index contributed by atoms with van der Waals surface area (Å²) in [5.41, 5.74) is 4.38. The summed E-state index contributed by atoms with van der Waals surface area (Å²) in [7, 11) is 1.64. The first kappa shape index (κ1) is 22.9. The number of urea groups is 1. The highest BCUT2D eigenvalue weighted by Crippen LogP contribution is 2.41. The van der Waals surface area contributed by atoms with Crippen molar-refractivity contribution in [1.82, 2.24) is 14.8 Å². The molecule has 1 atom stereocenters. The number of Topliss-reactive ketones (excluding diaryl/α,β-unsaturated/α-hetero) is 1. The third-order valence-corrected chi connectivity index (χ3v) is 7.38. The van der Waals surface area contributed by atoms with Crippen LogP contribution in [0.3, 0.4) is 0 Å². The Hall–Kier alpha value is -3.87. The smallest absolute Gasteiger partial charge is 0.325 e. The van der Waals surface area contributed by atoms with Crippen molar-refractivity contribution in [3.63, 3.8) is 0 Å². The molecule has 3 aromatic rings. The molecule has 1 aliphatic heterocycles. The van der Waals surface area contributed by atoms with Crippen molar-refractivity contribution in [1.29, 1.82) is 0 Å². The molecule has 1 spiro atoms. The molecule has 2 aromatic carbocycles. The van der Waals surface area contributed by atoms with Crippen LogP contribution in [0.1, 0.15) is 44.9 Å². The van der Waals surface area contributed by atoms with E-state index in [0.717, 1.165) is 52.6 Å². The number of fused-ring (bicyclic) bond motifs is 2. The Morgan fingerprint density at radius 3 is 2.57 bits per heavy atom. The minimum absolute atomic E-state index is 0.236. The van der Waals surface area contributed by atoms with Gasteiger partial charge in [-0.1, -0.05) is 36.4 Å². The molecule has 2 aliphatic rings. The number of ketones is 1. The van der Waals surface area contributed by atoms with Crippen LogP contribution in [0, 0.1) is 13.8 Å². The predicted octanol–water partition coefficient (Wildman–Crippen LogP) is 3.93. The molecule has 7 heteroatoms. The summed E-state index contributed by atoms with van der Waals surface area (Å²) in [5.74, 6) is 0.244. The van der Waals surface area contributed by atoms with Crippen LogP contribution >= 0.6 is 0 Å². The summed E-state index contributed by atoms with van der Waals surface area (Å²) in [6, 6.07) is 17.0. The number of carbonyl (C=O) groups is 3. The van der Waals surface area contributed by atoms with Crippen LogP contribution in [0.4, 0.5) is 4.79 Å². The van der Waals surface area contributed by atoms with Crippen molar-refractivity contribution < 1.29 is 19.1 Å². The summed E-state index contributed by atoms with van der Waals surface area (Å²) < 4.78 is 7.33. The van der Waals surface area contributed by atoms with Gasteiger partial charge in [-0.15, -0.1) is 0 Å². The molecule has 5 rings (SSSR count). The number of aryl methyl sites for hydroxylation is 3. The minimum atomic E-state index is -1.05. The van der Waals surface area contributed by atoms with E-state index in [0.29, 0.717) is 12.0 Å². The average Bonchev–Trinajstić information content (AvgIpc) is 3.46. The van der Waals surface area contributed by atoms with Crippen molar-refractivity contribution in [2.24, 2.45) is 0 Å². The number of hydrogen-bond donors (Lipinski definition) is 1. The van der Waals surface area contributed by atoms with E-state index in [2.05, 4.69) is 9.88 Å². The molecule has 180 valence electrons. The summed E-state index contributed by atoms with van der Waals surface area (Å²) in [4.78, 5) is 40.6. The molecule has 0 radical (unpaired) electrons. The molecule has 1 saturated heterocycles. The number of hydrogen-bond acceptors (Lipinski definition) is 4. The molecular formula is C28H29N3O4. The fraction of sp³-hybridized carbons (Fsp3) is 0.321. The highest BCUT2D eigenvalue weighted by molar-refractivity contribution is 6.12. The number of carbonyl (C=O) groups excluding carboxylic acids is 3. The van der Waals surface area contributed by atoms with E-state index in [9.17, 15) is 14.4 Å². The van der Waals surface area contributed by atoms with Crippen LogP contribution < -0.4 is 10.1 Å². The quantitative estimate of drug-likeness (QED) is 0.418. The standard InChI is InChI=1S/C28H29N3O4/c1-18-16-23(19(2)30(18)15-13-20-8-10-22(35-3)11-9-20)25(32)17-31-26(33)28(29-27(31)34)14-12-21-6-4-5-7-24(21)28/h4-11,16H,12-15,17H2,1-3H3,(H,29,34). The molecule has 3 amide bonds. The van der Waals surface area contributed by atoms with E-state index < -0.39 is 11.6 Å². The number of amides is 3. The lowest BCUT2D eigenvalue weighted by molar-refractivity contribution is -0.131. The molecular weight excluding hydrogens is 442 g/mol. The Balaban J connectivity index is 1.31. The van der Waals surface area contributed by atoms with Crippen molar-refractivity contribution in [2.45, 2.75) is 45.2 Å². The van der Waals surface area contributed by atoms with Gasteiger partial charge in [-0.2, -0.15) is 0 Å². The van der Waals surface area contributed by atoms with Crippen LogP contribution in [0.2, 0.25) is 0 Å². The average molecular weight is 472 g/mol. The summed E-state index contributed by atoms with van der Waals surface area (Å²) in [6.07, 6.45) is 2.05. The Morgan fingerprint density at radius 1 is 1.09 bits per heavy atom. The number of ether oxygens (including phenoxy) is 1. The zero-order chi connectivity index (χ0) is 24.7. The molecule has 2 heterocycles. The highest BCUT2D eigenvalue weighted by atomic mass is 16.5. The van der Waals surface area contributed by atoms with Gasteiger partial charge < -0.3 is 14.6 Å². The third-order valence-electron chi connectivity index (χ3n) is 7.38. The second-order valence-corrected chi connectivity index (χ2v) is 9.34. The highest BCUT2D eigenvalue weighted by Gasteiger charge is 2.55. The summed E-state index contributed by atoms with van der Waals surface area (Å²) in [6.45, 7) is 4.34. The Labute approximate surface area is 204 Å². The van der Waals surface area contributed by atoms with Gasteiger partial charge in [-0.25, -0.2) is 4.79 Å². The molecule has 1 fully saturated rings. The fourth-order valence-electron chi connectivity index (χ4n) is 5.42. The lowest BCUT2D eigenvalue weighted by atomic mass is 9.92. The van der Waals surface area contributed by atoms with Crippen molar-refractivity contribution in [3.8, 4) is 5.75 Å². The largest absolute Gasteiger partial charge is 0.497 e. The number of imide groups is 1. The maximum Gasteiger partial charge on any atom is 0.325 e. The first-order chi connectivity index (χ1) is 16.8. The van der Waals surface area contributed by atoms with E-state index in [1.807, 2.05) is 68.4 Å². The Bertz CT molecular complexity index is 1320. The maximum absolute atomic E-state index is 13.4. The van der Waals surface area contributed by atoms with Crippen LogP contribution in [0.25, 0.3) is 0 Å². The summed E-state index contributed by atoms with van der Waals surface area (Å²) >= 11 is 0. The van der Waals surface area contributed by atoms with Gasteiger partial charge in [-0.05, 0) is 68.0 Å². The van der Waals surface area contributed by atoms with Gasteiger partial charge in [0.05, 0.1) is 13.7 Å². The molecule has 0 saturated carbocycles. The van der Waals surface area contributed by atoms with E-state index in [4.69, 9.17) is 4.74 Å². The van der Waals surface area contributed by atoms with E-state index in [1.54, 1.807) is 7.11 Å². The first-order valence-electron chi connectivity index (χ1n) is 11.9. The molecule has 1 aliphatic carbocycles. The molecule has 1 unspecified atom stereocenters. The fourth-order valence-corrected chi connectivity index (χ4v) is 5.42. The van der Waals surface area contributed by atoms with Gasteiger partial charge in [0, 0.05) is 23.5 Å². The minimum Gasteiger partial charge on any atom is -0.497 e. The maximum atomic E-state index is 13.4. The molecule has 35 heavy (non-hydrogen) atoms. The van der Waals surface area contributed by atoms with Gasteiger partial charge in [-0.3, -0.25) is 14.5 Å². The zero-order valence-electron chi connectivity index (χ0n) is 20.3. The molecule has 1 aromatic heterocycles. The lowest BCUT2D eigenvalue weighted by Gasteiger charge is -2.22. The Morgan fingerprint density at radius 2 is 1.83 bits per heavy atom. The van der Waals surface area contributed by atoms with Crippen molar-refractivity contribution >= 4 is 17.7 Å². The van der Waals surface area contributed by atoms with E-state index in [-0.39, 0.29) is 18.2 Å². The van der Waals surface area contributed by atoms with Gasteiger partial charge in [0.1, 0.15) is 11.3 Å². The Kier molecular flexibility index (Phi) is 5.71. The third kappa shape index (κ3) is 3.81. The molecule has 0 bridgehead atoms. The van der Waals surface area contributed by atoms with E-state index >= 15 is 0 Å². The zero-order valence-corrected chi connectivity index (χ0v) is 20.3. The monoisotopic (exact) mass is 471 g/mol. The second-order valence-electron chi connectivity index (χ2n) is 9.34. The van der Waals surface area contributed by atoms with Crippen LogP contribution in [0.15, 0.2) is 54.6 Å². The van der Waals surface area contributed by atoms with Crippen molar-refractivity contribution in [2.75, 3.05) is 13.7 Å². The number of aromatic nitrogens is 1. The number of nitrogens with one attached hydrogen (secondary N) is 1. The molecule has 1 N–H and O–H groups in total. The number of nitrogens with zero attached hydrogens (tertiary/aromatic N) is 2. The summed E-state index contributed by atoms with van der Waals surface area (Å²) in [5, 5.41) is 2.89.